The van der Waals surface area contributed by atoms with Crippen LogP contribution in [0.25, 0.3) is 0 Å². The van der Waals surface area contributed by atoms with Crippen LogP contribution in [0.3, 0.4) is 0 Å². The van der Waals surface area contributed by atoms with Gasteiger partial charge in [-0.25, -0.2) is 0 Å². The summed E-state index contributed by atoms with van der Waals surface area (Å²) in [4.78, 5) is 0. The number of hydrogen-bond donors (Lipinski definition) is 1. The molecular weight excluding hydrogens is 222 g/mol. The summed E-state index contributed by atoms with van der Waals surface area (Å²) in [5.41, 5.74) is 7.87. The first kappa shape index (κ1) is 11.7. The molecule has 0 amide bonds. The zero-order chi connectivity index (χ0) is 12.4. The number of nitrogens with two attached hydrogens (primary N) is 1. The Kier molecular flexibility index (Phi) is 2.43. The van der Waals surface area contributed by atoms with Gasteiger partial charge in [-0.3, -0.25) is 0 Å². The fraction of sp³-hybridized carbons (Fsp3) is 1.00. The van der Waals surface area contributed by atoms with Crippen LogP contribution in [0, 0.1) is 28.6 Å². The average Bonchev–Trinajstić information content (AvgIpc) is 2.77. The average molecular weight is 249 g/mol. The summed E-state index contributed by atoms with van der Waals surface area (Å²) in [6.45, 7) is 4.41. The highest BCUT2D eigenvalue weighted by molar-refractivity contribution is 5.10. The molecule has 5 rings (SSSR count). The lowest BCUT2D eigenvalue weighted by Crippen LogP contribution is -2.59. The first-order chi connectivity index (χ1) is 8.59. The molecule has 4 aliphatic carbocycles. The van der Waals surface area contributed by atoms with E-state index in [1.54, 1.807) is 0 Å². The molecule has 4 bridgehead atoms. The third kappa shape index (κ3) is 1.61. The van der Waals surface area contributed by atoms with Gasteiger partial charge in [0.2, 0.25) is 0 Å². The maximum Gasteiger partial charge on any atom is 0.0510 e. The molecule has 0 aromatic heterocycles. The Hall–Kier alpha value is -0.0800. The van der Waals surface area contributed by atoms with Crippen LogP contribution in [0.5, 0.6) is 0 Å². The van der Waals surface area contributed by atoms with Crippen molar-refractivity contribution >= 4 is 0 Å². The van der Waals surface area contributed by atoms with E-state index in [4.69, 9.17) is 10.5 Å². The maximum atomic E-state index is 6.76. The van der Waals surface area contributed by atoms with Crippen molar-refractivity contribution < 1.29 is 4.74 Å². The van der Waals surface area contributed by atoms with E-state index in [0.717, 1.165) is 25.0 Å². The standard InChI is InChI=1S/C16H27NO/c1-15-5-11-4-12(6-15)8-16(7-11,10-15)14(17)13-2-3-18-9-13/h11-14H,2-10,17H2,1H3. The highest BCUT2D eigenvalue weighted by Crippen LogP contribution is 2.66. The Morgan fingerprint density at radius 2 is 1.89 bits per heavy atom. The van der Waals surface area contributed by atoms with Crippen LogP contribution in [0.1, 0.15) is 51.9 Å². The van der Waals surface area contributed by atoms with Gasteiger partial charge in [0, 0.05) is 18.6 Å². The van der Waals surface area contributed by atoms with Crippen LogP contribution in [0.15, 0.2) is 0 Å². The van der Waals surface area contributed by atoms with E-state index >= 15 is 0 Å². The zero-order valence-corrected chi connectivity index (χ0v) is 11.7. The van der Waals surface area contributed by atoms with Crippen LogP contribution in [-0.2, 0) is 4.74 Å². The summed E-state index contributed by atoms with van der Waals surface area (Å²) >= 11 is 0. The molecule has 0 aromatic carbocycles. The Bertz CT molecular complexity index is 333. The molecule has 2 N–H and O–H groups in total. The summed E-state index contributed by atoms with van der Waals surface area (Å²) in [5, 5.41) is 0. The van der Waals surface area contributed by atoms with E-state index in [9.17, 15) is 0 Å². The Morgan fingerprint density at radius 3 is 2.44 bits per heavy atom. The minimum atomic E-state index is 0.408. The van der Waals surface area contributed by atoms with Gasteiger partial charge < -0.3 is 10.5 Å². The van der Waals surface area contributed by atoms with Crippen molar-refractivity contribution in [2.75, 3.05) is 13.2 Å². The van der Waals surface area contributed by atoms with E-state index in [0.29, 0.717) is 22.8 Å². The van der Waals surface area contributed by atoms with Crippen molar-refractivity contribution in [1.29, 1.82) is 0 Å². The van der Waals surface area contributed by atoms with Gasteiger partial charge in [-0.15, -0.1) is 0 Å². The fourth-order valence-electron chi connectivity index (χ4n) is 6.52. The maximum absolute atomic E-state index is 6.76. The molecule has 0 radical (unpaired) electrons. The summed E-state index contributed by atoms with van der Waals surface area (Å²) < 4.78 is 5.59. The second-order valence-electron chi connectivity index (χ2n) is 8.28. The van der Waals surface area contributed by atoms with Crippen molar-refractivity contribution in [3.63, 3.8) is 0 Å². The van der Waals surface area contributed by atoms with Gasteiger partial charge >= 0.3 is 0 Å². The molecule has 1 heterocycles. The molecule has 18 heavy (non-hydrogen) atoms. The number of ether oxygens (including phenoxy) is 1. The topological polar surface area (TPSA) is 35.2 Å². The van der Waals surface area contributed by atoms with Crippen molar-refractivity contribution in [3.8, 4) is 0 Å². The molecule has 0 spiro atoms. The molecule has 5 fully saturated rings. The Morgan fingerprint density at radius 1 is 1.17 bits per heavy atom. The normalized spacial score (nSPS) is 56.0. The van der Waals surface area contributed by atoms with Gasteiger partial charge in [-0.2, -0.15) is 0 Å². The van der Waals surface area contributed by atoms with E-state index in [2.05, 4.69) is 6.92 Å². The smallest absolute Gasteiger partial charge is 0.0510 e. The van der Waals surface area contributed by atoms with Crippen molar-refractivity contribution in [2.24, 2.45) is 34.3 Å². The Balaban J connectivity index is 1.62. The van der Waals surface area contributed by atoms with Crippen LogP contribution in [-0.4, -0.2) is 19.3 Å². The molecule has 0 aromatic rings. The van der Waals surface area contributed by atoms with E-state index < -0.39 is 0 Å². The van der Waals surface area contributed by atoms with Crippen molar-refractivity contribution in [2.45, 2.75) is 57.9 Å². The predicted octanol–water partition coefficient (Wildman–Crippen LogP) is 2.96. The summed E-state index contributed by atoms with van der Waals surface area (Å²) in [6.07, 6.45) is 9.94. The molecule has 4 saturated carbocycles. The highest BCUT2D eigenvalue weighted by atomic mass is 16.5. The van der Waals surface area contributed by atoms with E-state index in [1.165, 1.54) is 44.9 Å². The molecule has 1 saturated heterocycles. The Labute approximate surface area is 111 Å². The third-order valence-corrected chi connectivity index (χ3v) is 6.58. The molecule has 5 aliphatic rings. The summed E-state index contributed by atoms with van der Waals surface area (Å²) in [5.74, 6) is 2.62. The van der Waals surface area contributed by atoms with Gasteiger partial charge in [-0.1, -0.05) is 6.92 Å². The SMILES string of the molecule is CC12CC3CC(C1)CC(C(N)C1CCOC1)(C3)C2. The second kappa shape index (κ2) is 3.73. The van der Waals surface area contributed by atoms with Gasteiger partial charge in [0.15, 0.2) is 0 Å². The molecule has 4 atom stereocenters. The largest absolute Gasteiger partial charge is 0.381 e. The molecular formula is C16H27NO. The lowest BCUT2D eigenvalue weighted by atomic mass is 9.42. The van der Waals surface area contributed by atoms with E-state index in [1.807, 2.05) is 0 Å². The van der Waals surface area contributed by atoms with Gasteiger partial charge in [0.05, 0.1) is 6.61 Å². The minimum absolute atomic E-state index is 0.408. The van der Waals surface area contributed by atoms with Crippen LogP contribution >= 0.6 is 0 Å². The molecule has 1 aliphatic heterocycles. The lowest BCUT2D eigenvalue weighted by molar-refractivity contribution is -0.120. The van der Waals surface area contributed by atoms with E-state index in [-0.39, 0.29) is 0 Å². The molecule has 4 unspecified atom stereocenters. The molecule has 2 heteroatoms. The zero-order valence-electron chi connectivity index (χ0n) is 11.7. The minimum Gasteiger partial charge on any atom is -0.381 e. The molecule has 102 valence electrons. The van der Waals surface area contributed by atoms with Gasteiger partial charge in [0.1, 0.15) is 0 Å². The highest BCUT2D eigenvalue weighted by Gasteiger charge is 2.58. The van der Waals surface area contributed by atoms with Crippen molar-refractivity contribution in [3.05, 3.63) is 0 Å². The third-order valence-electron chi connectivity index (χ3n) is 6.58. The monoisotopic (exact) mass is 249 g/mol. The van der Waals surface area contributed by atoms with Gasteiger partial charge in [-0.05, 0) is 67.6 Å². The quantitative estimate of drug-likeness (QED) is 0.816. The van der Waals surface area contributed by atoms with Crippen LogP contribution < -0.4 is 5.73 Å². The summed E-state index contributed by atoms with van der Waals surface area (Å²) in [7, 11) is 0. The molecule has 2 nitrogen and oxygen atoms in total. The lowest BCUT2D eigenvalue weighted by Gasteiger charge is -2.63. The summed E-state index contributed by atoms with van der Waals surface area (Å²) in [6, 6.07) is 0.408. The van der Waals surface area contributed by atoms with Crippen LogP contribution in [0.2, 0.25) is 0 Å². The number of rotatable bonds is 2. The predicted molar refractivity (Wildman–Crippen MR) is 72.1 cm³/mol. The number of hydrogen-bond acceptors (Lipinski definition) is 2. The first-order valence-electron chi connectivity index (χ1n) is 7.92. The fourth-order valence-corrected chi connectivity index (χ4v) is 6.52. The van der Waals surface area contributed by atoms with Crippen LogP contribution in [0.4, 0.5) is 0 Å². The second-order valence-corrected chi connectivity index (χ2v) is 8.28. The first-order valence-corrected chi connectivity index (χ1v) is 7.92. The van der Waals surface area contributed by atoms with Crippen molar-refractivity contribution in [1.82, 2.24) is 0 Å². The van der Waals surface area contributed by atoms with Gasteiger partial charge in [0.25, 0.3) is 0 Å².